The van der Waals surface area contributed by atoms with Crippen molar-refractivity contribution < 1.29 is 14.7 Å². The van der Waals surface area contributed by atoms with Crippen LogP contribution in [0.15, 0.2) is 18.2 Å². The molecule has 0 aliphatic carbocycles. The first-order chi connectivity index (χ1) is 10.0. The van der Waals surface area contributed by atoms with Crippen molar-refractivity contribution in [1.29, 1.82) is 0 Å². The summed E-state index contributed by atoms with van der Waals surface area (Å²) < 4.78 is 0. The van der Waals surface area contributed by atoms with Crippen LogP contribution in [0.1, 0.15) is 40.7 Å². The van der Waals surface area contributed by atoms with Gasteiger partial charge in [0.15, 0.2) is 0 Å². The van der Waals surface area contributed by atoms with Crippen LogP contribution in [0.5, 0.6) is 0 Å². The average Bonchev–Trinajstić information content (AvgIpc) is 2.43. The second-order valence-corrected chi connectivity index (χ2v) is 4.69. The minimum atomic E-state index is -0.374. The molecule has 0 unspecified atom stereocenters. The number of amides is 2. The fourth-order valence-electron chi connectivity index (χ4n) is 1.77. The normalized spacial score (nSPS) is 9.62. The Kier molecular flexibility index (Phi) is 6.99. The number of benzene rings is 1. The van der Waals surface area contributed by atoms with Gasteiger partial charge in [-0.3, -0.25) is 9.59 Å². The van der Waals surface area contributed by atoms with Crippen molar-refractivity contribution in [2.24, 2.45) is 5.73 Å². The molecule has 21 heavy (non-hydrogen) atoms. The maximum atomic E-state index is 12.0. The van der Waals surface area contributed by atoms with Crippen LogP contribution in [-0.4, -0.2) is 30.1 Å². The number of hydrogen-bond acceptors (Lipinski definition) is 3. The number of rotatable bonds is 6. The van der Waals surface area contributed by atoms with E-state index in [9.17, 15) is 9.59 Å². The van der Waals surface area contributed by atoms with Crippen LogP contribution >= 0.6 is 0 Å². The van der Waals surface area contributed by atoms with E-state index < -0.39 is 0 Å². The summed E-state index contributed by atoms with van der Waals surface area (Å²) in [7, 11) is 0. The Hall–Kier alpha value is -2.32. The molecule has 5 nitrogen and oxygen atoms in total. The van der Waals surface area contributed by atoms with Crippen LogP contribution in [0, 0.1) is 18.8 Å². The molecule has 0 bridgehead atoms. The zero-order valence-corrected chi connectivity index (χ0v) is 12.1. The van der Waals surface area contributed by atoms with E-state index in [0.29, 0.717) is 24.9 Å². The van der Waals surface area contributed by atoms with Crippen molar-refractivity contribution >= 4 is 11.8 Å². The van der Waals surface area contributed by atoms with E-state index >= 15 is 0 Å². The highest BCUT2D eigenvalue weighted by Crippen LogP contribution is 2.09. The Balaban J connectivity index is 2.67. The van der Waals surface area contributed by atoms with Gasteiger partial charge in [0.25, 0.3) is 5.91 Å². The van der Waals surface area contributed by atoms with Gasteiger partial charge in [-0.15, -0.1) is 0 Å². The molecule has 1 aromatic rings. The maximum absolute atomic E-state index is 12.0. The lowest BCUT2D eigenvalue weighted by molar-refractivity contribution is -0.118. The van der Waals surface area contributed by atoms with Gasteiger partial charge in [-0.1, -0.05) is 11.8 Å². The van der Waals surface area contributed by atoms with Gasteiger partial charge in [-0.2, -0.15) is 0 Å². The van der Waals surface area contributed by atoms with E-state index in [1.54, 1.807) is 12.1 Å². The summed E-state index contributed by atoms with van der Waals surface area (Å²) in [5.41, 5.74) is 7.24. The van der Waals surface area contributed by atoms with E-state index in [0.717, 1.165) is 11.1 Å². The van der Waals surface area contributed by atoms with Crippen LogP contribution in [0.2, 0.25) is 0 Å². The minimum absolute atomic E-state index is 0.0199. The van der Waals surface area contributed by atoms with E-state index in [1.807, 2.05) is 13.0 Å². The van der Waals surface area contributed by atoms with Crippen LogP contribution in [-0.2, 0) is 4.79 Å². The molecule has 1 rings (SSSR count). The number of aliphatic hydroxyl groups is 1. The largest absolute Gasteiger partial charge is 0.395 e. The highest BCUT2D eigenvalue weighted by molar-refractivity contribution is 5.94. The van der Waals surface area contributed by atoms with Crippen molar-refractivity contribution in [1.82, 2.24) is 5.32 Å². The Morgan fingerprint density at radius 2 is 2.10 bits per heavy atom. The molecular weight excluding hydrogens is 268 g/mol. The van der Waals surface area contributed by atoms with Crippen molar-refractivity contribution in [3.05, 3.63) is 34.9 Å². The predicted molar refractivity (Wildman–Crippen MR) is 80.5 cm³/mol. The summed E-state index contributed by atoms with van der Waals surface area (Å²) in [5, 5.41) is 11.4. The molecule has 4 N–H and O–H groups in total. The molecule has 0 aromatic heterocycles. The summed E-state index contributed by atoms with van der Waals surface area (Å²) >= 11 is 0. The van der Waals surface area contributed by atoms with E-state index in [-0.39, 0.29) is 24.8 Å². The molecule has 0 aliphatic rings. The molecule has 0 spiro atoms. The Bertz CT molecular complexity index is 571. The minimum Gasteiger partial charge on any atom is -0.395 e. The number of carbonyl (C=O) groups is 2. The second-order valence-electron chi connectivity index (χ2n) is 4.69. The van der Waals surface area contributed by atoms with Gasteiger partial charge in [0.1, 0.15) is 0 Å². The fourth-order valence-corrected chi connectivity index (χ4v) is 1.77. The number of nitrogens with two attached hydrogens (primary N) is 1. The molecule has 1 aromatic carbocycles. The van der Waals surface area contributed by atoms with Crippen LogP contribution < -0.4 is 11.1 Å². The molecular formula is C16H20N2O3. The zero-order valence-electron chi connectivity index (χ0n) is 12.1. The van der Waals surface area contributed by atoms with Crippen LogP contribution in [0.4, 0.5) is 0 Å². The Labute approximate surface area is 124 Å². The summed E-state index contributed by atoms with van der Waals surface area (Å²) in [5.74, 6) is 5.16. The lowest BCUT2D eigenvalue weighted by Gasteiger charge is -2.06. The molecule has 0 heterocycles. The predicted octanol–water partition coefficient (Wildman–Crippen LogP) is 0.724. The first kappa shape index (κ1) is 16.7. The van der Waals surface area contributed by atoms with E-state index in [4.69, 9.17) is 10.8 Å². The lowest BCUT2D eigenvalue weighted by atomic mass is 10.1. The SMILES string of the molecule is Cc1cc(C#CCCO)cc(C(=O)NCCCC(N)=O)c1. The second kappa shape index (κ2) is 8.77. The third-order valence-corrected chi connectivity index (χ3v) is 2.69. The number of primary amides is 1. The summed E-state index contributed by atoms with van der Waals surface area (Å²) in [6.45, 7) is 2.31. The van der Waals surface area contributed by atoms with E-state index in [1.165, 1.54) is 0 Å². The monoisotopic (exact) mass is 288 g/mol. The summed E-state index contributed by atoms with van der Waals surface area (Å²) in [4.78, 5) is 22.6. The number of carbonyl (C=O) groups excluding carboxylic acids is 2. The standard InChI is InChI=1S/C16H20N2O3/c1-12-9-13(5-2-3-8-19)11-14(10-12)16(21)18-7-4-6-15(17)20/h9-11,19H,3-4,6-8H2,1H3,(H2,17,20)(H,18,21). The smallest absolute Gasteiger partial charge is 0.251 e. The third kappa shape index (κ3) is 6.59. The van der Waals surface area contributed by atoms with Crippen LogP contribution in [0.25, 0.3) is 0 Å². The average molecular weight is 288 g/mol. The molecule has 0 atom stereocenters. The van der Waals surface area contributed by atoms with Gasteiger partial charge >= 0.3 is 0 Å². The lowest BCUT2D eigenvalue weighted by Crippen LogP contribution is -2.25. The molecule has 0 fully saturated rings. The highest BCUT2D eigenvalue weighted by Gasteiger charge is 2.06. The van der Waals surface area contributed by atoms with Crippen molar-refractivity contribution in [2.75, 3.05) is 13.2 Å². The first-order valence-corrected chi connectivity index (χ1v) is 6.81. The topological polar surface area (TPSA) is 92.4 Å². The third-order valence-electron chi connectivity index (χ3n) is 2.69. The molecule has 5 heteroatoms. The highest BCUT2D eigenvalue weighted by atomic mass is 16.2. The van der Waals surface area contributed by atoms with Gasteiger partial charge in [0, 0.05) is 30.5 Å². The zero-order chi connectivity index (χ0) is 15.7. The molecule has 0 saturated heterocycles. The maximum Gasteiger partial charge on any atom is 0.251 e. The van der Waals surface area contributed by atoms with Gasteiger partial charge in [-0.05, 0) is 37.1 Å². The molecule has 0 aliphatic heterocycles. The number of aliphatic hydroxyl groups excluding tert-OH is 1. The Morgan fingerprint density at radius 3 is 2.76 bits per heavy atom. The number of hydrogen-bond donors (Lipinski definition) is 3. The van der Waals surface area contributed by atoms with Crippen molar-refractivity contribution in [3.8, 4) is 11.8 Å². The van der Waals surface area contributed by atoms with Crippen LogP contribution in [0.3, 0.4) is 0 Å². The van der Waals surface area contributed by atoms with Crippen molar-refractivity contribution in [3.63, 3.8) is 0 Å². The number of aryl methyl sites for hydroxylation is 1. The van der Waals surface area contributed by atoms with Gasteiger partial charge in [0.2, 0.25) is 5.91 Å². The van der Waals surface area contributed by atoms with Gasteiger partial charge < -0.3 is 16.2 Å². The molecule has 2 amide bonds. The van der Waals surface area contributed by atoms with Crippen molar-refractivity contribution in [2.45, 2.75) is 26.2 Å². The first-order valence-electron chi connectivity index (χ1n) is 6.81. The van der Waals surface area contributed by atoms with Gasteiger partial charge in [0.05, 0.1) is 6.61 Å². The Morgan fingerprint density at radius 1 is 1.33 bits per heavy atom. The molecule has 0 radical (unpaired) electrons. The van der Waals surface area contributed by atoms with E-state index in [2.05, 4.69) is 17.2 Å². The molecule has 0 saturated carbocycles. The summed E-state index contributed by atoms with van der Waals surface area (Å²) in [6, 6.07) is 5.37. The molecule has 112 valence electrons. The quantitative estimate of drug-likeness (QED) is 0.532. The fraction of sp³-hybridized carbons (Fsp3) is 0.375. The van der Waals surface area contributed by atoms with Gasteiger partial charge in [-0.25, -0.2) is 0 Å². The number of nitrogens with one attached hydrogen (secondary N) is 1. The summed E-state index contributed by atoms with van der Waals surface area (Å²) in [6.07, 6.45) is 1.19.